The summed E-state index contributed by atoms with van der Waals surface area (Å²) in [5, 5.41) is 9.67. The lowest BCUT2D eigenvalue weighted by Gasteiger charge is -2.17. The third-order valence-electron chi connectivity index (χ3n) is 2.38. The van der Waals surface area contributed by atoms with E-state index in [1.54, 1.807) is 18.1 Å². The van der Waals surface area contributed by atoms with Crippen molar-refractivity contribution in [3.05, 3.63) is 12.4 Å². The Labute approximate surface area is 101 Å². The summed E-state index contributed by atoms with van der Waals surface area (Å²) in [5.74, 6) is 0.961. The van der Waals surface area contributed by atoms with E-state index in [1.807, 2.05) is 19.4 Å². The first-order valence-corrected chi connectivity index (χ1v) is 6.68. The van der Waals surface area contributed by atoms with Crippen LogP contribution in [-0.2, 0) is 0 Å². The molecule has 0 aliphatic heterocycles. The summed E-state index contributed by atoms with van der Waals surface area (Å²) in [4.78, 5) is 10.5. The molecule has 0 aliphatic rings. The maximum Gasteiger partial charge on any atom is 0.132 e. The van der Waals surface area contributed by atoms with Crippen LogP contribution in [0.5, 0.6) is 0 Å². The smallest absolute Gasteiger partial charge is 0.132 e. The lowest BCUT2D eigenvalue weighted by Crippen LogP contribution is -2.19. The van der Waals surface area contributed by atoms with E-state index in [1.165, 1.54) is 0 Å². The van der Waals surface area contributed by atoms with Gasteiger partial charge in [-0.1, -0.05) is 0 Å². The van der Waals surface area contributed by atoms with Crippen LogP contribution in [0.15, 0.2) is 17.4 Å². The Morgan fingerprint density at radius 2 is 2.12 bits per heavy atom. The Balaban J connectivity index is 2.42. The minimum atomic E-state index is 0.286. The molecule has 0 aliphatic carbocycles. The second-order valence-electron chi connectivity index (χ2n) is 3.62. The number of nitrogens with zero attached hydrogens (tertiary/aromatic N) is 3. The van der Waals surface area contributed by atoms with Gasteiger partial charge in [0.2, 0.25) is 0 Å². The van der Waals surface area contributed by atoms with Crippen molar-refractivity contribution in [2.75, 3.05) is 31.4 Å². The topological polar surface area (TPSA) is 49.2 Å². The number of hydrogen-bond acceptors (Lipinski definition) is 5. The summed E-state index contributed by atoms with van der Waals surface area (Å²) >= 11 is 1.62. The van der Waals surface area contributed by atoms with Crippen LogP contribution in [0.25, 0.3) is 0 Å². The van der Waals surface area contributed by atoms with Gasteiger partial charge < -0.3 is 10.0 Å². The van der Waals surface area contributed by atoms with Gasteiger partial charge in [0, 0.05) is 26.3 Å². The van der Waals surface area contributed by atoms with Gasteiger partial charge >= 0.3 is 0 Å². The highest BCUT2D eigenvalue weighted by Gasteiger charge is 2.03. The number of rotatable bonds is 7. The molecule has 0 radical (unpaired) electrons. The minimum absolute atomic E-state index is 0.286. The molecule has 0 saturated carbocycles. The lowest BCUT2D eigenvalue weighted by molar-refractivity contribution is 0.283. The molecule has 1 rings (SSSR count). The first-order chi connectivity index (χ1) is 7.77. The molecule has 1 heterocycles. The Bertz CT molecular complexity index is 309. The number of thioether (sulfide) groups is 1. The fraction of sp³-hybridized carbons (Fsp3) is 0.636. The Hall–Kier alpha value is -0.810. The van der Waals surface area contributed by atoms with E-state index in [-0.39, 0.29) is 6.61 Å². The Morgan fingerprint density at radius 1 is 1.31 bits per heavy atom. The summed E-state index contributed by atoms with van der Waals surface area (Å²) in [7, 11) is 2.03. The summed E-state index contributed by atoms with van der Waals surface area (Å²) in [6.07, 6.45) is 6.63. The molecule has 16 heavy (non-hydrogen) atoms. The van der Waals surface area contributed by atoms with Gasteiger partial charge in [0.1, 0.15) is 17.2 Å². The fourth-order valence-corrected chi connectivity index (χ4v) is 1.78. The molecule has 0 atom stereocenters. The van der Waals surface area contributed by atoms with Crippen molar-refractivity contribution in [1.82, 2.24) is 9.97 Å². The average Bonchev–Trinajstić information content (AvgIpc) is 2.34. The molecule has 1 N–H and O–H groups in total. The molecular weight excluding hydrogens is 222 g/mol. The van der Waals surface area contributed by atoms with Crippen LogP contribution >= 0.6 is 11.8 Å². The predicted octanol–water partition coefficient (Wildman–Crippen LogP) is 1.80. The van der Waals surface area contributed by atoms with Gasteiger partial charge in [0.25, 0.3) is 0 Å². The van der Waals surface area contributed by atoms with Gasteiger partial charge in [-0.3, -0.25) is 0 Å². The fourth-order valence-electron chi connectivity index (χ4n) is 1.40. The Morgan fingerprint density at radius 3 is 2.81 bits per heavy atom. The lowest BCUT2D eigenvalue weighted by atomic mass is 10.2. The number of unbranched alkanes of at least 4 members (excludes halogenated alkanes) is 2. The van der Waals surface area contributed by atoms with Crippen LogP contribution in [0.1, 0.15) is 19.3 Å². The van der Waals surface area contributed by atoms with Crippen LogP contribution in [-0.4, -0.2) is 41.5 Å². The summed E-state index contributed by atoms with van der Waals surface area (Å²) in [6, 6.07) is 2.00. The van der Waals surface area contributed by atoms with Crippen LogP contribution in [0, 0.1) is 0 Å². The highest BCUT2D eigenvalue weighted by Crippen LogP contribution is 2.16. The van der Waals surface area contributed by atoms with Gasteiger partial charge in [-0.2, -0.15) is 0 Å². The second-order valence-corrected chi connectivity index (χ2v) is 4.45. The largest absolute Gasteiger partial charge is 0.396 e. The Kier molecular flexibility index (Phi) is 6.18. The van der Waals surface area contributed by atoms with Crippen LogP contribution in [0.4, 0.5) is 5.82 Å². The van der Waals surface area contributed by atoms with Crippen molar-refractivity contribution < 1.29 is 5.11 Å². The van der Waals surface area contributed by atoms with Crippen molar-refractivity contribution in [3.63, 3.8) is 0 Å². The molecular formula is C11H19N3OS. The molecule has 0 amide bonds. The highest BCUT2D eigenvalue weighted by molar-refractivity contribution is 7.98. The number of hydrogen-bond donors (Lipinski definition) is 1. The number of aromatic nitrogens is 2. The summed E-state index contributed by atoms with van der Waals surface area (Å²) in [5.41, 5.74) is 0. The van der Waals surface area contributed by atoms with E-state index in [9.17, 15) is 0 Å². The normalized spacial score (nSPS) is 10.4. The molecule has 1 aromatic rings. The van der Waals surface area contributed by atoms with E-state index in [0.29, 0.717) is 0 Å². The third-order valence-corrected chi connectivity index (χ3v) is 3.02. The maximum absolute atomic E-state index is 8.68. The second kappa shape index (κ2) is 7.46. The van der Waals surface area contributed by atoms with Gasteiger partial charge in [0.15, 0.2) is 0 Å². The summed E-state index contributed by atoms with van der Waals surface area (Å²) in [6.45, 7) is 1.25. The zero-order valence-corrected chi connectivity index (χ0v) is 10.7. The SMILES string of the molecule is CSc1cc(N(C)CCCCCO)ncn1. The van der Waals surface area contributed by atoms with E-state index in [4.69, 9.17) is 5.11 Å². The van der Waals surface area contributed by atoms with Crippen molar-refractivity contribution >= 4 is 17.6 Å². The van der Waals surface area contributed by atoms with Gasteiger partial charge in [-0.05, 0) is 25.5 Å². The maximum atomic E-state index is 8.68. The molecule has 90 valence electrons. The molecule has 4 nitrogen and oxygen atoms in total. The zero-order valence-electron chi connectivity index (χ0n) is 9.89. The van der Waals surface area contributed by atoms with E-state index in [2.05, 4.69) is 14.9 Å². The van der Waals surface area contributed by atoms with Gasteiger partial charge in [0.05, 0.1) is 0 Å². The monoisotopic (exact) mass is 241 g/mol. The first kappa shape index (κ1) is 13.3. The van der Waals surface area contributed by atoms with Crippen molar-refractivity contribution in [2.45, 2.75) is 24.3 Å². The standard InChI is InChI=1S/C11H19N3OS/c1-14(6-4-3-5-7-15)10-8-11(16-2)13-9-12-10/h8-9,15H,3-7H2,1-2H3. The molecule has 0 bridgehead atoms. The zero-order chi connectivity index (χ0) is 11.8. The van der Waals surface area contributed by atoms with Crippen LogP contribution < -0.4 is 4.90 Å². The van der Waals surface area contributed by atoms with E-state index >= 15 is 0 Å². The minimum Gasteiger partial charge on any atom is -0.396 e. The molecule has 0 fully saturated rings. The molecule has 0 spiro atoms. The number of anilines is 1. The van der Waals surface area contributed by atoms with E-state index < -0.39 is 0 Å². The van der Waals surface area contributed by atoms with Crippen molar-refractivity contribution in [2.24, 2.45) is 0 Å². The van der Waals surface area contributed by atoms with Gasteiger partial charge in [-0.25, -0.2) is 9.97 Å². The number of aliphatic hydroxyl groups is 1. The first-order valence-electron chi connectivity index (χ1n) is 5.46. The quantitative estimate of drug-likeness (QED) is 0.448. The number of aliphatic hydroxyl groups excluding tert-OH is 1. The molecule has 0 unspecified atom stereocenters. The average molecular weight is 241 g/mol. The molecule has 1 aromatic heterocycles. The van der Waals surface area contributed by atoms with Crippen molar-refractivity contribution in [1.29, 1.82) is 0 Å². The van der Waals surface area contributed by atoms with Crippen molar-refractivity contribution in [3.8, 4) is 0 Å². The van der Waals surface area contributed by atoms with Crippen LogP contribution in [0.2, 0.25) is 0 Å². The molecule has 0 aromatic carbocycles. The third kappa shape index (κ3) is 4.37. The predicted molar refractivity (Wildman–Crippen MR) is 68.0 cm³/mol. The molecule has 5 heteroatoms. The molecule has 0 saturated heterocycles. The van der Waals surface area contributed by atoms with Crippen LogP contribution in [0.3, 0.4) is 0 Å². The summed E-state index contributed by atoms with van der Waals surface area (Å²) < 4.78 is 0. The van der Waals surface area contributed by atoms with E-state index in [0.717, 1.165) is 36.7 Å². The van der Waals surface area contributed by atoms with Gasteiger partial charge in [-0.15, -0.1) is 11.8 Å². The highest BCUT2D eigenvalue weighted by atomic mass is 32.2.